The third kappa shape index (κ3) is 3.13. The van der Waals surface area contributed by atoms with Gasteiger partial charge < -0.3 is 5.32 Å². The van der Waals surface area contributed by atoms with E-state index < -0.39 is 0 Å². The Morgan fingerprint density at radius 2 is 1.80 bits per heavy atom. The average Bonchev–Trinajstić information content (AvgIpc) is 3.30. The first-order valence-electron chi connectivity index (χ1n) is 7.31. The number of hydrogen-bond acceptors (Lipinski definition) is 1. The van der Waals surface area contributed by atoms with Gasteiger partial charge in [-0.2, -0.15) is 0 Å². The van der Waals surface area contributed by atoms with Crippen LogP contribution < -0.4 is 5.32 Å². The van der Waals surface area contributed by atoms with Crippen molar-refractivity contribution in [1.82, 2.24) is 5.32 Å². The summed E-state index contributed by atoms with van der Waals surface area (Å²) in [6.07, 6.45) is 2.72. The smallest absolute Gasteiger partial charge is 0.0306 e. The zero-order chi connectivity index (χ0) is 13.9. The van der Waals surface area contributed by atoms with Crippen molar-refractivity contribution in [2.24, 2.45) is 0 Å². The molecular weight excluding hydrogens is 310 g/mol. The van der Waals surface area contributed by atoms with Gasteiger partial charge in [-0.05, 0) is 48.4 Å². The Bertz CT molecular complexity index is 589. The Balaban J connectivity index is 1.69. The summed E-state index contributed by atoms with van der Waals surface area (Å²) in [6.45, 7) is 3.16. The number of rotatable bonds is 5. The summed E-state index contributed by atoms with van der Waals surface area (Å²) in [5.41, 5.74) is 4.31. The van der Waals surface area contributed by atoms with E-state index >= 15 is 0 Å². The van der Waals surface area contributed by atoms with Gasteiger partial charge in [0.05, 0.1) is 0 Å². The van der Waals surface area contributed by atoms with Gasteiger partial charge in [0.1, 0.15) is 0 Å². The van der Waals surface area contributed by atoms with Gasteiger partial charge in [-0.1, -0.05) is 58.4 Å². The fourth-order valence-electron chi connectivity index (χ4n) is 2.69. The van der Waals surface area contributed by atoms with Crippen molar-refractivity contribution < 1.29 is 0 Å². The highest BCUT2D eigenvalue weighted by atomic mass is 79.9. The summed E-state index contributed by atoms with van der Waals surface area (Å²) in [6, 6.07) is 17.6. The predicted octanol–water partition coefficient (Wildman–Crippen LogP) is 5.18. The van der Waals surface area contributed by atoms with Gasteiger partial charge in [-0.15, -0.1) is 0 Å². The summed E-state index contributed by atoms with van der Waals surface area (Å²) in [4.78, 5) is 0. The third-order valence-electron chi connectivity index (χ3n) is 4.04. The zero-order valence-electron chi connectivity index (χ0n) is 11.8. The van der Waals surface area contributed by atoms with Gasteiger partial charge in [-0.3, -0.25) is 0 Å². The molecule has 0 aromatic heterocycles. The lowest BCUT2D eigenvalue weighted by Gasteiger charge is -2.17. The quantitative estimate of drug-likeness (QED) is 0.797. The summed E-state index contributed by atoms with van der Waals surface area (Å²) in [5.74, 6) is 0.812. The molecule has 0 bridgehead atoms. The second-order valence-corrected chi connectivity index (χ2v) is 6.45. The summed E-state index contributed by atoms with van der Waals surface area (Å²) in [7, 11) is 0. The van der Waals surface area contributed by atoms with E-state index in [0.29, 0.717) is 6.04 Å². The van der Waals surface area contributed by atoms with Crippen molar-refractivity contribution in [1.29, 1.82) is 0 Å². The number of nitrogens with one attached hydrogen (secondary N) is 1. The van der Waals surface area contributed by atoms with E-state index in [4.69, 9.17) is 0 Å². The van der Waals surface area contributed by atoms with Crippen molar-refractivity contribution >= 4 is 15.9 Å². The molecule has 0 spiro atoms. The van der Waals surface area contributed by atoms with Gasteiger partial charge in [0.25, 0.3) is 0 Å². The third-order valence-corrected chi connectivity index (χ3v) is 4.76. The molecule has 1 aliphatic rings. The Kier molecular flexibility index (Phi) is 4.23. The maximum absolute atomic E-state index is 3.65. The van der Waals surface area contributed by atoms with E-state index in [1.165, 1.54) is 28.4 Å². The molecule has 1 fully saturated rings. The molecule has 20 heavy (non-hydrogen) atoms. The highest BCUT2D eigenvalue weighted by Gasteiger charge is 2.25. The van der Waals surface area contributed by atoms with Gasteiger partial charge >= 0.3 is 0 Å². The van der Waals surface area contributed by atoms with Crippen LogP contribution in [0.15, 0.2) is 53.0 Å². The molecule has 1 saturated carbocycles. The van der Waals surface area contributed by atoms with Crippen LogP contribution in [0.3, 0.4) is 0 Å². The number of halogens is 1. The maximum Gasteiger partial charge on any atom is 0.0306 e. The molecule has 1 aliphatic carbocycles. The lowest BCUT2D eigenvalue weighted by molar-refractivity contribution is 0.570. The molecule has 0 saturated heterocycles. The summed E-state index contributed by atoms with van der Waals surface area (Å²) < 4.78 is 1.18. The molecule has 1 atom stereocenters. The standard InChI is InChI=1S/C18H20BrN/c1-13(16-7-4-5-9-18(16)19)20-12-15-6-2-3-8-17(15)14-10-11-14/h2-9,13-14,20H,10-12H2,1H3. The highest BCUT2D eigenvalue weighted by molar-refractivity contribution is 9.10. The lowest BCUT2D eigenvalue weighted by atomic mass is 10.0. The van der Waals surface area contributed by atoms with Crippen LogP contribution in [0.1, 0.15) is 48.4 Å². The Hall–Kier alpha value is -1.12. The lowest BCUT2D eigenvalue weighted by Crippen LogP contribution is -2.19. The van der Waals surface area contributed by atoms with Crippen molar-refractivity contribution in [3.05, 3.63) is 69.7 Å². The molecule has 1 N–H and O–H groups in total. The van der Waals surface area contributed by atoms with Gasteiger partial charge in [0, 0.05) is 17.1 Å². The molecule has 2 heteroatoms. The topological polar surface area (TPSA) is 12.0 Å². The van der Waals surface area contributed by atoms with E-state index in [1.807, 2.05) is 0 Å². The second-order valence-electron chi connectivity index (χ2n) is 5.60. The molecule has 1 unspecified atom stereocenters. The Labute approximate surface area is 129 Å². The van der Waals surface area contributed by atoms with Crippen LogP contribution in [0.25, 0.3) is 0 Å². The first-order valence-corrected chi connectivity index (χ1v) is 8.10. The van der Waals surface area contributed by atoms with Gasteiger partial charge in [0.2, 0.25) is 0 Å². The molecule has 0 heterocycles. The minimum absolute atomic E-state index is 0.345. The molecular formula is C18H20BrN. The van der Waals surface area contributed by atoms with Crippen LogP contribution in [-0.2, 0) is 6.54 Å². The van der Waals surface area contributed by atoms with Crippen LogP contribution in [0.2, 0.25) is 0 Å². The number of benzene rings is 2. The fourth-order valence-corrected chi connectivity index (χ4v) is 3.32. The Morgan fingerprint density at radius 3 is 2.55 bits per heavy atom. The fraction of sp³-hybridized carbons (Fsp3) is 0.333. The monoisotopic (exact) mass is 329 g/mol. The van der Waals surface area contributed by atoms with Crippen molar-refractivity contribution in [2.75, 3.05) is 0 Å². The van der Waals surface area contributed by atoms with Gasteiger partial charge in [0.15, 0.2) is 0 Å². The largest absolute Gasteiger partial charge is 0.306 e. The van der Waals surface area contributed by atoms with Crippen LogP contribution in [0.4, 0.5) is 0 Å². The van der Waals surface area contributed by atoms with Crippen LogP contribution >= 0.6 is 15.9 Å². The van der Waals surface area contributed by atoms with Crippen molar-refractivity contribution in [3.8, 4) is 0 Å². The molecule has 3 rings (SSSR count). The van der Waals surface area contributed by atoms with E-state index in [2.05, 4.69) is 76.7 Å². The summed E-state index contributed by atoms with van der Waals surface area (Å²) >= 11 is 3.63. The summed E-state index contributed by atoms with van der Waals surface area (Å²) in [5, 5.41) is 3.65. The molecule has 0 radical (unpaired) electrons. The van der Waals surface area contributed by atoms with E-state index in [9.17, 15) is 0 Å². The Morgan fingerprint density at radius 1 is 1.10 bits per heavy atom. The normalized spacial score (nSPS) is 16.1. The van der Waals surface area contributed by atoms with E-state index in [1.54, 1.807) is 5.56 Å². The van der Waals surface area contributed by atoms with Gasteiger partial charge in [-0.25, -0.2) is 0 Å². The first kappa shape index (κ1) is 13.8. The van der Waals surface area contributed by atoms with Crippen LogP contribution in [-0.4, -0.2) is 0 Å². The molecule has 2 aromatic carbocycles. The van der Waals surface area contributed by atoms with E-state index in [-0.39, 0.29) is 0 Å². The molecule has 2 aromatic rings. The maximum atomic E-state index is 3.65. The molecule has 0 aliphatic heterocycles. The molecule has 1 nitrogen and oxygen atoms in total. The highest BCUT2D eigenvalue weighted by Crippen LogP contribution is 2.41. The first-order chi connectivity index (χ1) is 9.75. The van der Waals surface area contributed by atoms with Crippen molar-refractivity contribution in [3.63, 3.8) is 0 Å². The molecule has 104 valence electrons. The SMILES string of the molecule is CC(NCc1ccccc1C1CC1)c1ccccc1Br. The van der Waals surface area contributed by atoms with Crippen molar-refractivity contribution in [2.45, 2.75) is 38.3 Å². The predicted molar refractivity (Wildman–Crippen MR) is 87.8 cm³/mol. The van der Waals surface area contributed by atoms with Crippen LogP contribution in [0, 0.1) is 0 Å². The van der Waals surface area contributed by atoms with Crippen LogP contribution in [0.5, 0.6) is 0 Å². The number of hydrogen-bond donors (Lipinski definition) is 1. The second kappa shape index (κ2) is 6.11. The minimum atomic E-state index is 0.345. The van der Waals surface area contributed by atoms with E-state index in [0.717, 1.165) is 12.5 Å². The minimum Gasteiger partial charge on any atom is -0.306 e. The molecule has 0 amide bonds. The zero-order valence-corrected chi connectivity index (χ0v) is 13.4. The average molecular weight is 330 g/mol.